The van der Waals surface area contributed by atoms with Gasteiger partial charge in [-0.05, 0) is 39.0 Å². The molecule has 0 bridgehead atoms. The largest absolute Gasteiger partial charge is 0.408 e. The van der Waals surface area contributed by atoms with Crippen molar-refractivity contribution < 1.29 is 4.92 Å². The molecule has 0 saturated carbocycles. The summed E-state index contributed by atoms with van der Waals surface area (Å²) in [7, 11) is 2.07. The summed E-state index contributed by atoms with van der Waals surface area (Å²) in [6.07, 6.45) is 0. The highest BCUT2D eigenvalue weighted by atomic mass is 35.5. The van der Waals surface area contributed by atoms with Crippen LogP contribution in [0.15, 0.2) is 43.6 Å². The van der Waals surface area contributed by atoms with Crippen LogP contribution in [0.25, 0.3) is 0 Å². The number of hydrogen-bond acceptors (Lipinski definition) is 7. The van der Waals surface area contributed by atoms with Crippen molar-refractivity contribution in [2.75, 3.05) is 0 Å². The Morgan fingerprint density at radius 3 is 2.40 bits per heavy atom. The van der Waals surface area contributed by atoms with Crippen molar-refractivity contribution in [2.24, 2.45) is 14.6 Å². The Balaban J connectivity index is 2.36. The van der Waals surface area contributed by atoms with Gasteiger partial charge in [-0.15, -0.1) is 0 Å². The fraction of sp³-hybridized carbons (Fsp3) is 0. The average molecular weight is 370 g/mol. The number of halogens is 3. The number of hydrogen-bond donors (Lipinski definition) is 0. The number of nitro groups is 1. The Bertz CT molecular complexity index is 642. The quantitative estimate of drug-likeness (QED) is 0.232. The molecule has 0 aromatic heterocycles. The van der Waals surface area contributed by atoms with Crippen molar-refractivity contribution in [3.63, 3.8) is 0 Å². The van der Waals surface area contributed by atoms with E-state index in [9.17, 15) is 10.1 Å². The normalized spacial score (nSPS) is 17.4. The van der Waals surface area contributed by atoms with Gasteiger partial charge in [-0.25, -0.2) is 0 Å². The standard InChI is InChI=1S/C9H3Cl3N4O2S2/c10-4-1-5(11)3-6(2-4)13-14-9(16(17)18)7-8(12)15-20-19-7/h1-3H/b9-7-,14-13?. The van der Waals surface area contributed by atoms with Gasteiger partial charge < -0.3 is 10.1 Å². The van der Waals surface area contributed by atoms with Gasteiger partial charge in [-0.1, -0.05) is 34.8 Å². The number of nitrogens with zero attached hydrogens (tertiary/aromatic N) is 4. The maximum Gasteiger partial charge on any atom is 0.408 e. The first kappa shape index (κ1) is 15.6. The predicted octanol–water partition coefficient (Wildman–Crippen LogP) is 5.47. The van der Waals surface area contributed by atoms with Crippen LogP contribution in [0, 0.1) is 10.1 Å². The van der Waals surface area contributed by atoms with E-state index in [1.54, 1.807) is 0 Å². The van der Waals surface area contributed by atoms with Gasteiger partial charge in [0.1, 0.15) is 5.69 Å². The monoisotopic (exact) mass is 368 g/mol. The fourth-order valence-electron chi connectivity index (χ4n) is 1.16. The van der Waals surface area contributed by atoms with Gasteiger partial charge in [-0.2, -0.15) is 4.40 Å². The lowest BCUT2D eigenvalue weighted by Gasteiger charge is -1.96. The molecule has 104 valence electrons. The van der Waals surface area contributed by atoms with E-state index in [4.69, 9.17) is 34.8 Å². The molecule has 1 aliphatic heterocycles. The number of allylic oxidation sites excluding steroid dienone is 1. The van der Waals surface area contributed by atoms with E-state index in [0.29, 0.717) is 15.7 Å². The second kappa shape index (κ2) is 6.77. The molecule has 1 heterocycles. The summed E-state index contributed by atoms with van der Waals surface area (Å²) in [6.45, 7) is 0. The Morgan fingerprint density at radius 2 is 1.90 bits per heavy atom. The van der Waals surface area contributed by atoms with E-state index in [-0.39, 0.29) is 10.1 Å². The average Bonchev–Trinajstić information content (AvgIpc) is 2.74. The lowest BCUT2D eigenvalue weighted by atomic mass is 10.3. The van der Waals surface area contributed by atoms with E-state index in [1.807, 2.05) is 0 Å². The van der Waals surface area contributed by atoms with Crippen molar-refractivity contribution >= 4 is 67.4 Å². The molecule has 2 rings (SSSR count). The summed E-state index contributed by atoms with van der Waals surface area (Å²) in [5, 5.41) is 19.1. The Morgan fingerprint density at radius 1 is 1.25 bits per heavy atom. The molecule has 1 aromatic rings. The predicted molar refractivity (Wildman–Crippen MR) is 83.5 cm³/mol. The smallest absolute Gasteiger partial charge is 0.358 e. The van der Waals surface area contributed by atoms with Crippen molar-refractivity contribution in [3.8, 4) is 0 Å². The van der Waals surface area contributed by atoms with Gasteiger partial charge in [0.2, 0.25) is 0 Å². The van der Waals surface area contributed by atoms with E-state index in [0.717, 1.165) is 21.8 Å². The van der Waals surface area contributed by atoms with E-state index < -0.39 is 10.7 Å². The van der Waals surface area contributed by atoms with Crippen LogP contribution in [-0.4, -0.2) is 10.1 Å². The highest BCUT2D eigenvalue weighted by Crippen LogP contribution is 2.42. The minimum atomic E-state index is -0.679. The summed E-state index contributed by atoms with van der Waals surface area (Å²) < 4.78 is 3.76. The molecule has 11 heteroatoms. The van der Waals surface area contributed by atoms with Gasteiger partial charge in [-0.3, -0.25) is 0 Å². The molecule has 0 saturated heterocycles. The molecule has 0 atom stereocenters. The molecule has 0 fully saturated rings. The molecule has 6 nitrogen and oxygen atoms in total. The van der Waals surface area contributed by atoms with Gasteiger partial charge >= 0.3 is 5.82 Å². The molecule has 0 N–H and O–H groups in total. The van der Waals surface area contributed by atoms with Crippen LogP contribution in [0.4, 0.5) is 5.69 Å². The zero-order valence-corrected chi connectivity index (χ0v) is 13.2. The lowest BCUT2D eigenvalue weighted by molar-refractivity contribution is -0.426. The van der Waals surface area contributed by atoms with Crippen molar-refractivity contribution in [1.29, 1.82) is 0 Å². The zero-order chi connectivity index (χ0) is 14.7. The Hall–Kier alpha value is -0.800. The van der Waals surface area contributed by atoms with E-state index in [1.165, 1.54) is 18.2 Å². The molecule has 0 spiro atoms. The van der Waals surface area contributed by atoms with Crippen LogP contribution in [0.5, 0.6) is 0 Å². The minimum Gasteiger partial charge on any atom is -0.358 e. The molecule has 0 unspecified atom stereocenters. The molecular formula is C9H3Cl3N4O2S2. The zero-order valence-electron chi connectivity index (χ0n) is 9.29. The van der Waals surface area contributed by atoms with Gasteiger partial charge in [0.05, 0.1) is 16.1 Å². The van der Waals surface area contributed by atoms with E-state index in [2.05, 4.69) is 14.6 Å². The maximum atomic E-state index is 11.0. The first-order valence-corrected chi connectivity index (χ1v) is 8.05. The first-order valence-electron chi connectivity index (χ1n) is 4.81. The molecule has 20 heavy (non-hydrogen) atoms. The van der Waals surface area contributed by atoms with E-state index >= 15 is 0 Å². The summed E-state index contributed by atoms with van der Waals surface area (Å²) in [4.78, 5) is 10.5. The Labute approximate surface area is 136 Å². The third kappa shape index (κ3) is 3.86. The molecule has 1 aromatic carbocycles. The number of azo groups is 1. The summed E-state index contributed by atoms with van der Waals surface area (Å²) in [5.41, 5.74) is 0.297. The van der Waals surface area contributed by atoms with Crippen LogP contribution in [0.1, 0.15) is 0 Å². The molecule has 0 aliphatic carbocycles. The number of rotatable bonds is 3. The van der Waals surface area contributed by atoms with Gasteiger partial charge in [0.25, 0.3) is 0 Å². The van der Waals surface area contributed by atoms with Gasteiger partial charge in [0, 0.05) is 10.0 Å². The fourth-order valence-corrected chi connectivity index (χ4v) is 3.89. The molecule has 0 radical (unpaired) electrons. The lowest BCUT2D eigenvalue weighted by Crippen LogP contribution is -2.01. The van der Waals surface area contributed by atoms with Crippen molar-refractivity contribution in [3.05, 3.63) is 49.1 Å². The topological polar surface area (TPSA) is 80.2 Å². The SMILES string of the molecule is O=[N+]([O-])/C(N=Nc1cc(Cl)cc(Cl)c1)=C1\SSN=C1Cl. The second-order valence-corrected chi connectivity index (χ2v) is 6.36. The van der Waals surface area contributed by atoms with Gasteiger partial charge in [0.15, 0.2) is 10.1 Å². The number of benzene rings is 1. The highest BCUT2D eigenvalue weighted by Gasteiger charge is 2.27. The maximum absolute atomic E-state index is 11.0. The summed E-state index contributed by atoms with van der Waals surface area (Å²) >= 11 is 17.3. The third-order valence-corrected chi connectivity index (χ3v) is 4.65. The van der Waals surface area contributed by atoms with Crippen molar-refractivity contribution in [1.82, 2.24) is 0 Å². The first-order chi connectivity index (χ1) is 9.47. The highest BCUT2D eigenvalue weighted by molar-refractivity contribution is 8.78. The van der Waals surface area contributed by atoms with Crippen LogP contribution in [0.3, 0.4) is 0 Å². The van der Waals surface area contributed by atoms with Crippen LogP contribution >= 0.6 is 56.6 Å². The summed E-state index contributed by atoms with van der Waals surface area (Å²) in [5.74, 6) is -0.482. The molecule has 0 amide bonds. The van der Waals surface area contributed by atoms with Crippen LogP contribution in [0.2, 0.25) is 10.0 Å². The van der Waals surface area contributed by atoms with Crippen LogP contribution in [-0.2, 0) is 0 Å². The van der Waals surface area contributed by atoms with Crippen LogP contribution < -0.4 is 0 Å². The minimum absolute atomic E-state index is 0.0229. The second-order valence-electron chi connectivity index (χ2n) is 3.28. The third-order valence-electron chi connectivity index (χ3n) is 1.91. The Kier molecular flexibility index (Phi) is 5.28. The molecular weight excluding hydrogens is 367 g/mol. The van der Waals surface area contributed by atoms with Crippen molar-refractivity contribution in [2.45, 2.75) is 0 Å². The molecule has 1 aliphatic rings. The summed E-state index contributed by atoms with van der Waals surface area (Å²) in [6, 6.07) is 4.47.